The third-order valence-corrected chi connectivity index (χ3v) is 2.89. The Labute approximate surface area is 122 Å². The average Bonchev–Trinajstić information content (AvgIpc) is 2.49. The topological polar surface area (TPSA) is 41.5 Å². The predicted octanol–water partition coefficient (Wildman–Crippen LogP) is 2.49. The van der Waals surface area contributed by atoms with Crippen molar-refractivity contribution < 1.29 is 18.6 Å². The van der Waals surface area contributed by atoms with E-state index in [1.54, 1.807) is 0 Å². The molecule has 0 spiro atoms. The molecule has 2 aromatic carbocycles. The standard InChI is InChI=1S/C16H17F2NO2/c17-15-7-6-14(8-16(15)18)21-11-13(20)10-19-9-12-4-2-1-3-5-12/h1-8,13,19-20H,9-11H2. The Morgan fingerprint density at radius 3 is 2.52 bits per heavy atom. The second-order valence-corrected chi connectivity index (χ2v) is 4.66. The zero-order valence-corrected chi connectivity index (χ0v) is 11.4. The molecule has 0 aliphatic heterocycles. The number of hydrogen-bond donors (Lipinski definition) is 2. The molecular weight excluding hydrogens is 276 g/mol. The summed E-state index contributed by atoms with van der Waals surface area (Å²) in [7, 11) is 0. The molecule has 3 nitrogen and oxygen atoms in total. The minimum atomic E-state index is -0.968. The molecule has 0 saturated heterocycles. The Kier molecular flexibility index (Phi) is 5.66. The molecular formula is C16H17F2NO2. The lowest BCUT2D eigenvalue weighted by molar-refractivity contribution is 0.106. The lowest BCUT2D eigenvalue weighted by Gasteiger charge is -2.13. The van der Waals surface area contributed by atoms with Gasteiger partial charge in [0.1, 0.15) is 18.5 Å². The molecule has 0 radical (unpaired) electrons. The highest BCUT2D eigenvalue weighted by atomic mass is 19.2. The second-order valence-electron chi connectivity index (χ2n) is 4.66. The van der Waals surface area contributed by atoms with Gasteiger partial charge in [0.15, 0.2) is 11.6 Å². The highest BCUT2D eigenvalue weighted by molar-refractivity contribution is 5.23. The van der Waals surface area contributed by atoms with E-state index in [0.717, 1.165) is 17.7 Å². The van der Waals surface area contributed by atoms with Gasteiger partial charge in [0.2, 0.25) is 0 Å². The first kappa shape index (κ1) is 15.4. The van der Waals surface area contributed by atoms with Crippen LogP contribution in [0.3, 0.4) is 0 Å². The first-order valence-electron chi connectivity index (χ1n) is 6.65. The fourth-order valence-corrected chi connectivity index (χ4v) is 1.80. The maximum Gasteiger partial charge on any atom is 0.162 e. The van der Waals surface area contributed by atoms with Gasteiger partial charge in [-0.15, -0.1) is 0 Å². The molecule has 0 aliphatic rings. The SMILES string of the molecule is OC(CNCc1ccccc1)COc1ccc(F)c(F)c1. The van der Waals surface area contributed by atoms with Crippen LogP contribution in [-0.4, -0.2) is 24.4 Å². The van der Waals surface area contributed by atoms with Gasteiger partial charge in [-0.2, -0.15) is 0 Å². The number of hydrogen-bond acceptors (Lipinski definition) is 3. The van der Waals surface area contributed by atoms with Crippen molar-refractivity contribution in [2.45, 2.75) is 12.6 Å². The van der Waals surface area contributed by atoms with Crippen LogP contribution in [0.5, 0.6) is 5.75 Å². The van der Waals surface area contributed by atoms with Crippen molar-refractivity contribution in [3.05, 3.63) is 65.7 Å². The van der Waals surface area contributed by atoms with Crippen molar-refractivity contribution in [1.82, 2.24) is 5.32 Å². The van der Waals surface area contributed by atoms with Crippen LogP contribution in [0.2, 0.25) is 0 Å². The number of rotatable bonds is 7. The fourth-order valence-electron chi connectivity index (χ4n) is 1.80. The second kappa shape index (κ2) is 7.71. The summed E-state index contributed by atoms with van der Waals surface area (Å²) in [6.45, 7) is 0.995. The molecule has 0 fully saturated rings. The first-order chi connectivity index (χ1) is 10.1. The Hall–Kier alpha value is -1.98. The van der Waals surface area contributed by atoms with Gasteiger partial charge in [0, 0.05) is 19.2 Å². The summed E-state index contributed by atoms with van der Waals surface area (Å²) in [5, 5.41) is 12.9. The molecule has 2 aromatic rings. The van der Waals surface area contributed by atoms with Crippen LogP contribution in [0.25, 0.3) is 0 Å². The summed E-state index contributed by atoms with van der Waals surface area (Å²) >= 11 is 0. The molecule has 0 aromatic heterocycles. The van der Waals surface area contributed by atoms with E-state index in [2.05, 4.69) is 5.32 Å². The van der Waals surface area contributed by atoms with Gasteiger partial charge in [-0.1, -0.05) is 30.3 Å². The van der Waals surface area contributed by atoms with Gasteiger partial charge in [0.25, 0.3) is 0 Å². The summed E-state index contributed by atoms with van der Waals surface area (Å²) in [6.07, 6.45) is -0.734. The van der Waals surface area contributed by atoms with Gasteiger partial charge in [-0.05, 0) is 17.7 Å². The summed E-state index contributed by atoms with van der Waals surface area (Å²) in [4.78, 5) is 0. The number of aliphatic hydroxyl groups excluding tert-OH is 1. The van der Waals surface area contributed by atoms with E-state index in [0.29, 0.717) is 13.1 Å². The third-order valence-electron chi connectivity index (χ3n) is 2.89. The minimum absolute atomic E-state index is 0.00681. The molecule has 21 heavy (non-hydrogen) atoms. The fraction of sp³-hybridized carbons (Fsp3) is 0.250. The van der Waals surface area contributed by atoms with Crippen molar-refractivity contribution in [3.63, 3.8) is 0 Å². The van der Waals surface area contributed by atoms with Crippen LogP contribution in [0.4, 0.5) is 8.78 Å². The normalized spacial score (nSPS) is 12.1. The van der Waals surface area contributed by atoms with E-state index in [9.17, 15) is 13.9 Å². The van der Waals surface area contributed by atoms with E-state index in [-0.39, 0.29) is 12.4 Å². The molecule has 1 atom stereocenters. The van der Waals surface area contributed by atoms with Gasteiger partial charge < -0.3 is 15.2 Å². The van der Waals surface area contributed by atoms with Crippen LogP contribution in [-0.2, 0) is 6.54 Å². The molecule has 0 aliphatic carbocycles. The summed E-state index contributed by atoms with van der Waals surface area (Å²) in [5.41, 5.74) is 1.12. The van der Waals surface area contributed by atoms with E-state index < -0.39 is 17.7 Å². The van der Waals surface area contributed by atoms with Gasteiger partial charge in [0.05, 0.1) is 0 Å². The average molecular weight is 293 g/mol. The van der Waals surface area contributed by atoms with Gasteiger partial charge in [-0.3, -0.25) is 0 Å². The predicted molar refractivity (Wildman–Crippen MR) is 76.0 cm³/mol. The van der Waals surface area contributed by atoms with Crippen molar-refractivity contribution in [2.24, 2.45) is 0 Å². The van der Waals surface area contributed by atoms with Crippen molar-refractivity contribution >= 4 is 0 Å². The molecule has 2 rings (SSSR count). The molecule has 2 N–H and O–H groups in total. The van der Waals surface area contributed by atoms with E-state index in [1.807, 2.05) is 30.3 Å². The summed E-state index contributed by atoms with van der Waals surface area (Å²) < 4.78 is 30.9. The third kappa shape index (κ3) is 5.13. The number of halogens is 2. The van der Waals surface area contributed by atoms with E-state index in [4.69, 9.17) is 4.74 Å². The van der Waals surface area contributed by atoms with Crippen LogP contribution in [0.15, 0.2) is 48.5 Å². The lowest BCUT2D eigenvalue weighted by Crippen LogP contribution is -2.31. The van der Waals surface area contributed by atoms with Gasteiger partial charge in [-0.25, -0.2) is 8.78 Å². The van der Waals surface area contributed by atoms with Gasteiger partial charge >= 0.3 is 0 Å². The number of benzene rings is 2. The number of ether oxygens (including phenoxy) is 1. The van der Waals surface area contributed by atoms with Crippen LogP contribution in [0.1, 0.15) is 5.56 Å². The molecule has 1 unspecified atom stereocenters. The maximum absolute atomic E-state index is 13.0. The first-order valence-corrected chi connectivity index (χ1v) is 6.65. The Morgan fingerprint density at radius 1 is 1.05 bits per heavy atom. The van der Waals surface area contributed by atoms with Crippen LogP contribution >= 0.6 is 0 Å². The zero-order valence-electron chi connectivity index (χ0n) is 11.4. The molecule has 0 saturated carbocycles. The smallest absolute Gasteiger partial charge is 0.162 e. The van der Waals surface area contributed by atoms with E-state index in [1.165, 1.54) is 6.07 Å². The Balaban J connectivity index is 1.69. The number of nitrogens with one attached hydrogen (secondary N) is 1. The van der Waals surface area contributed by atoms with Crippen molar-refractivity contribution in [2.75, 3.05) is 13.2 Å². The van der Waals surface area contributed by atoms with Crippen molar-refractivity contribution in [1.29, 1.82) is 0 Å². The molecule has 112 valence electrons. The summed E-state index contributed by atoms with van der Waals surface area (Å²) in [5.74, 6) is -1.70. The van der Waals surface area contributed by atoms with E-state index >= 15 is 0 Å². The largest absolute Gasteiger partial charge is 0.491 e. The van der Waals surface area contributed by atoms with Crippen LogP contribution in [0, 0.1) is 11.6 Å². The Morgan fingerprint density at radius 2 is 1.81 bits per heavy atom. The Bertz CT molecular complexity index is 563. The van der Waals surface area contributed by atoms with Crippen molar-refractivity contribution in [3.8, 4) is 5.75 Å². The maximum atomic E-state index is 13.0. The molecule has 0 heterocycles. The molecule has 5 heteroatoms. The lowest BCUT2D eigenvalue weighted by atomic mass is 10.2. The highest BCUT2D eigenvalue weighted by Crippen LogP contribution is 2.15. The van der Waals surface area contributed by atoms with Crippen LogP contribution < -0.4 is 10.1 Å². The number of aliphatic hydroxyl groups is 1. The molecule has 0 amide bonds. The minimum Gasteiger partial charge on any atom is -0.491 e. The zero-order chi connectivity index (χ0) is 15.1. The quantitative estimate of drug-likeness (QED) is 0.824. The highest BCUT2D eigenvalue weighted by Gasteiger charge is 2.07. The molecule has 0 bridgehead atoms. The monoisotopic (exact) mass is 293 g/mol. The summed E-state index contributed by atoms with van der Waals surface area (Å²) in [6, 6.07) is 13.1.